The third-order valence-corrected chi connectivity index (χ3v) is 3.90. The number of thiocarbonyl (C=S) groups is 1. The van der Waals surface area contributed by atoms with Crippen LogP contribution < -0.4 is 10.5 Å². The van der Waals surface area contributed by atoms with Crippen LogP contribution in [0, 0.1) is 6.92 Å². The second-order valence-corrected chi connectivity index (χ2v) is 5.56. The summed E-state index contributed by atoms with van der Waals surface area (Å²) >= 11 is 8.38. The molecule has 2 N–H and O–H groups in total. The molecule has 0 radical (unpaired) electrons. The van der Waals surface area contributed by atoms with Crippen molar-refractivity contribution in [1.82, 2.24) is 0 Å². The maximum absolute atomic E-state index is 5.74. The summed E-state index contributed by atoms with van der Waals surface area (Å²) in [5.41, 5.74) is 8.67. The van der Waals surface area contributed by atoms with E-state index in [9.17, 15) is 0 Å². The summed E-state index contributed by atoms with van der Waals surface area (Å²) < 4.78 is 6.83. The van der Waals surface area contributed by atoms with Crippen molar-refractivity contribution in [3.63, 3.8) is 0 Å². The molecule has 0 saturated heterocycles. The van der Waals surface area contributed by atoms with Crippen molar-refractivity contribution >= 4 is 33.1 Å². The Hall–Kier alpha value is -1.39. The highest BCUT2D eigenvalue weighted by Gasteiger charge is 2.00. The number of halogens is 1. The summed E-state index contributed by atoms with van der Waals surface area (Å²) in [6, 6.07) is 13.7. The maximum atomic E-state index is 5.74. The van der Waals surface area contributed by atoms with Crippen molar-refractivity contribution in [2.45, 2.75) is 13.5 Å². The molecule has 19 heavy (non-hydrogen) atoms. The highest BCUT2D eigenvalue weighted by molar-refractivity contribution is 9.10. The maximum Gasteiger partial charge on any atom is 0.120 e. The van der Waals surface area contributed by atoms with Gasteiger partial charge in [0.15, 0.2) is 0 Å². The second kappa shape index (κ2) is 6.17. The molecule has 2 nitrogen and oxygen atoms in total. The average molecular weight is 336 g/mol. The Bertz CT molecular complexity index is 596. The summed E-state index contributed by atoms with van der Waals surface area (Å²) in [5, 5.41) is 0. The van der Waals surface area contributed by atoms with Gasteiger partial charge in [0.2, 0.25) is 0 Å². The molecule has 0 bridgehead atoms. The molecule has 2 rings (SSSR count). The molecule has 0 aliphatic carbocycles. The highest BCUT2D eigenvalue weighted by atomic mass is 79.9. The fourth-order valence-electron chi connectivity index (χ4n) is 1.64. The summed E-state index contributed by atoms with van der Waals surface area (Å²) in [5.74, 6) is 0.860. The lowest BCUT2D eigenvalue weighted by molar-refractivity contribution is 0.306. The third-order valence-electron chi connectivity index (χ3n) is 2.77. The zero-order valence-electron chi connectivity index (χ0n) is 10.5. The predicted molar refractivity (Wildman–Crippen MR) is 85.5 cm³/mol. The lowest BCUT2D eigenvalue weighted by Gasteiger charge is -2.08. The molecule has 0 unspecified atom stereocenters. The predicted octanol–water partition coefficient (Wildman–Crippen LogP) is 3.97. The van der Waals surface area contributed by atoms with E-state index in [4.69, 9.17) is 22.7 Å². The SMILES string of the molecule is Cc1cc(OCc2ccc(C(N)=S)cc2)ccc1Br. The van der Waals surface area contributed by atoms with Gasteiger partial charge in [-0.2, -0.15) is 0 Å². The quantitative estimate of drug-likeness (QED) is 0.858. The molecular weight excluding hydrogens is 322 g/mol. The summed E-state index contributed by atoms with van der Waals surface area (Å²) in [6.07, 6.45) is 0. The Morgan fingerprint density at radius 2 is 1.89 bits per heavy atom. The minimum atomic E-state index is 0.413. The Balaban J connectivity index is 2.01. The standard InChI is InChI=1S/C15H14BrNOS/c1-10-8-13(6-7-14(10)16)18-9-11-2-4-12(5-3-11)15(17)19/h2-8H,9H2,1H3,(H2,17,19). The first kappa shape index (κ1) is 14.0. The Morgan fingerprint density at radius 3 is 2.47 bits per heavy atom. The molecule has 0 fully saturated rings. The molecule has 2 aromatic carbocycles. The van der Waals surface area contributed by atoms with E-state index < -0.39 is 0 Å². The highest BCUT2D eigenvalue weighted by Crippen LogP contribution is 2.22. The number of rotatable bonds is 4. The summed E-state index contributed by atoms with van der Waals surface area (Å²) in [4.78, 5) is 0.413. The molecule has 2 aromatic rings. The first-order chi connectivity index (χ1) is 9.06. The van der Waals surface area contributed by atoms with E-state index in [-0.39, 0.29) is 0 Å². The van der Waals surface area contributed by atoms with Gasteiger partial charge in [0.1, 0.15) is 17.3 Å². The van der Waals surface area contributed by atoms with Crippen LogP contribution in [0.5, 0.6) is 5.75 Å². The molecule has 4 heteroatoms. The van der Waals surface area contributed by atoms with Crippen LogP contribution in [-0.4, -0.2) is 4.99 Å². The molecule has 0 saturated carbocycles. The van der Waals surface area contributed by atoms with Gasteiger partial charge in [-0.3, -0.25) is 0 Å². The molecule has 98 valence electrons. The van der Waals surface area contributed by atoms with Gasteiger partial charge < -0.3 is 10.5 Å². The van der Waals surface area contributed by atoms with E-state index in [0.29, 0.717) is 11.6 Å². The molecular formula is C15H14BrNOS. The van der Waals surface area contributed by atoms with Gasteiger partial charge in [0, 0.05) is 10.0 Å². The van der Waals surface area contributed by atoms with E-state index >= 15 is 0 Å². The number of benzene rings is 2. The van der Waals surface area contributed by atoms with E-state index in [0.717, 1.165) is 26.9 Å². The number of hydrogen-bond acceptors (Lipinski definition) is 2. The van der Waals surface area contributed by atoms with Crippen molar-refractivity contribution in [3.8, 4) is 5.75 Å². The zero-order valence-corrected chi connectivity index (χ0v) is 12.9. The van der Waals surface area contributed by atoms with E-state index in [1.165, 1.54) is 0 Å². The number of aryl methyl sites for hydroxylation is 1. The fourth-order valence-corrected chi connectivity index (χ4v) is 2.02. The van der Waals surface area contributed by atoms with Crippen LogP contribution >= 0.6 is 28.1 Å². The normalized spacial score (nSPS) is 10.2. The number of hydrogen-bond donors (Lipinski definition) is 1. The van der Waals surface area contributed by atoms with Crippen molar-refractivity contribution in [1.29, 1.82) is 0 Å². The van der Waals surface area contributed by atoms with Gasteiger partial charge in [-0.15, -0.1) is 0 Å². The van der Waals surface area contributed by atoms with E-state index in [1.807, 2.05) is 49.4 Å². The summed E-state index contributed by atoms with van der Waals surface area (Å²) in [6.45, 7) is 2.56. The average Bonchev–Trinajstić information content (AvgIpc) is 2.40. The molecule has 0 aromatic heterocycles. The van der Waals surface area contributed by atoms with Gasteiger partial charge in [-0.1, -0.05) is 52.4 Å². The van der Waals surface area contributed by atoms with Crippen LogP contribution in [0.2, 0.25) is 0 Å². The monoisotopic (exact) mass is 335 g/mol. The molecule has 0 atom stereocenters. The van der Waals surface area contributed by atoms with Gasteiger partial charge in [-0.25, -0.2) is 0 Å². The molecule has 0 aliphatic rings. The molecule has 0 heterocycles. The van der Waals surface area contributed by atoms with Crippen molar-refractivity contribution in [3.05, 3.63) is 63.6 Å². The van der Waals surface area contributed by atoms with Crippen LogP contribution in [0.15, 0.2) is 46.9 Å². The van der Waals surface area contributed by atoms with Crippen LogP contribution in [0.1, 0.15) is 16.7 Å². The lowest BCUT2D eigenvalue weighted by atomic mass is 10.1. The minimum absolute atomic E-state index is 0.413. The van der Waals surface area contributed by atoms with Gasteiger partial charge >= 0.3 is 0 Å². The first-order valence-corrected chi connectivity index (χ1v) is 7.04. The number of nitrogens with two attached hydrogens (primary N) is 1. The lowest BCUT2D eigenvalue weighted by Crippen LogP contribution is -2.09. The van der Waals surface area contributed by atoms with Crippen molar-refractivity contribution < 1.29 is 4.74 Å². The molecule has 0 aliphatic heterocycles. The largest absolute Gasteiger partial charge is 0.489 e. The molecule has 0 amide bonds. The second-order valence-electron chi connectivity index (χ2n) is 4.26. The van der Waals surface area contributed by atoms with Gasteiger partial charge in [0.25, 0.3) is 0 Å². The topological polar surface area (TPSA) is 35.2 Å². The Kier molecular flexibility index (Phi) is 4.56. The van der Waals surface area contributed by atoms with Crippen LogP contribution in [0.3, 0.4) is 0 Å². The van der Waals surface area contributed by atoms with Gasteiger partial charge in [-0.05, 0) is 36.2 Å². The Morgan fingerprint density at radius 1 is 1.21 bits per heavy atom. The van der Waals surface area contributed by atoms with Crippen LogP contribution in [-0.2, 0) is 6.61 Å². The van der Waals surface area contributed by atoms with Crippen LogP contribution in [0.4, 0.5) is 0 Å². The third kappa shape index (κ3) is 3.78. The first-order valence-electron chi connectivity index (χ1n) is 5.84. The summed E-state index contributed by atoms with van der Waals surface area (Å²) in [7, 11) is 0. The van der Waals surface area contributed by atoms with Crippen LogP contribution in [0.25, 0.3) is 0 Å². The Labute approximate surface area is 126 Å². The minimum Gasteiger partial charge on any atom is -0.489 e. The smallest absolute Gasteiger partial charge is 0.120 e. The van der Waals surface area contributed by atoms with Crippen molar-refractivity contribution in [2.75, 3.05) is 0 Å². The van der Waals surface area contributed by atoms with E-state index in [1.54, 1.807) is 0 Å². The van der Waals surface area contributed by atoms with Gasteiger partial charge in [0.05, 0.1) is 0 Å². The molecule has 0 spiro atoms. The van der Waals surface area contributed by atoms with E-state index in [2.05, 4.69) is 15.9 Å². The zero-order chi connectivity index (χ0) is 13.8. The number of ether oxygens (including phenoxy) is 1. The van der Waals surface area contributed by atoms with Crippen molar-refractivity contribution in [2.24, 2.45) is 5.73 Å². The fraction of sp³-hybridized carbons (Fsp3) is 0.133.